The highest BCUT2D eigenvalue weighted by Crippen LogP contribution is 2.34. The predicted molar refractivity (Wildman–Crippen MR) is 83.9 cm³/mol. The van der Waals surface area contributed by atoms with Gasteiger partial charge in [-0.05, 0) is 53.3 Å². The molecule has 0 saturated carbocycles. The van der Waals surface area contributed by atoms with Gasteiger partial charge in [-0.15, -0.1) is 0 Å². The Bertz CT molecular complexity index is 716. The quantitative estimate of drug-likeness (QED) is 0.569. The average Bonchev–Trinajstić information content (AvgIpc) is 2.47. The number of alkyl halides is 3. The molecule has 0 aliphatic rings. The van der Waals surface area contributed by atoms with Gasteiger partial charge < -0.3 is 0 Å². The lowest BCUT2D eigenvalue weighted by Gasteiger charge is -2.17. The van der Waals surface area contributed by atoms with E-state index in [9.17, 15) is 22.0 Å². The third-order valence-corrected chi connectivity index (χ3v) is 3.95. The molecule has 24 heavy (non-hydrogen) atoms. The molecule has 0 aliphatic heterocycles. The van der Waals surface area contributed by atoms with Crippen molar-refractivity contribution in [2.45, 2.75) is 39.3 Å². The van der Waals surface area contributed by atoms with Crippen LogP contribution in [0, 0.1) is 17.6 Å². The van der Waals surface area contributed by atoms with Gasteiger partial charge in [-0.1, -0.05) is 32.9 Å². The van der Waals surface area contributed by atoms with Crippen LogP contribution in [-0.4, -0.2) is 0 Å². The summed E-state index contributed by atoms with van der Waals surface area (Å²) in [7, 11) is 0. The highest BCUT2D eigenvalue weighted by Gasteiger charge is 2.31. The van der Waals surface area contributed by atoms with Gasteiger partial charge >= 0.3 is 6.18 Å². The van der Waals surface area contributed by atoms with Crippen LogP contribution in [0.5, 0.6) is 0 Å². The van der Waals surface area contributed by atoms with E-state index in [2.05, 4.69) is 0 Å². The molecule has 2 rings (SSSR count). The molecule has 0 unspecified atom stereocenters. The summed E-state index contributed by atoms with van der Waals surface area (Å²) in [4.78, 5) is 0. The summed E-state index contributed by atoms with van der Waals surface area (Å²) in [6, 6.07) is 7.00. The number of hydrogen-bond acceptors (Lipinski definition) is 0. The maximum absolute atomic E-state index is 13.9. The average molecular weight is 342 g/mol. The fourth-order valence-corrected chi connectivity index (χ4v) is 2.68. The number of benzene rings is 2. The molecule has 0 nitrogen and oxygen atoms in total. The minimum absolute atomic E-state index is 0.212. The molecule has 0 aliphatic carbocycles. The molecule has 0 N–H and O–H groups in total. The molecule has 1 atom stereocenters. The Morgan fingerprint density at radius 2 is 1.54 bits per heavy atom. The van der Waals surface area contributed by atoms with E-state index in [1.807, 2.05) is 13.8 Å². The summed E-state index contributed by atoms with van der Waals surface area (Å²) in [6.07, 6.45) is -4.08. The minimum Gasteiger partial charge on any atom is -0.207 e. The van der Waals surface area contributed by atoms with E-state index in [4.69, 9.17) is 0 Å². The van der Waals surface area contributed by atoms with Crippen LogP contribution >= 0.6 is 0 Å². The first kappa shape index (κ1) is 18.4. The van der Waals surface area contributed by atoms with Crippen LogP contribution < -0.4 is 0 Å². The molecule has 0 aromatic heterocycles. The van der Waals surface area contributed by atoms with Crippen LogP contribution in [0.25, 0.3) is 0 Å². The Balaban J connectivity index is 2.42. The van der Waals surface area contributed by atoms with Gasteiger partial charge in [-0.25, -0.2) is 8.78 Å². The van der Waals surface area contributed by atoms with Crippen molar-refractivity contribution in [3.8, 4) is 0 Å². The van der Waals surface area contributed by atoms with Gasteiger partial charge in [0.15, 0.2) is 0 Å². The Kier molecular flexibility index (Phi) is 5.31. The minimum atomic E-state index is -4.61. The van der Waals surface area contributed by atoms with Crippen molar-refractivity contribution in [3.05, 3.63) is 70.3 Å². The Morgan fingerprint density at radius 3 is 2.12 bits per heavy atom. The van der Waals surface area contributed by atoms with Gasteiger partial charge in [0.25, 0.3) is 0 Å². The summed E-state index contributed by atoms with van der Waals surface area (Å²) >= 11 is 0. The normalized spacial score (nSPS) is 13.4. The van der Waals surface area contributed by atoms with E-state index < -0.39 is 23.5 Å². The van der Waals surface area contributed by atoms with Gasteiger partial charge in [0.2, 0.25) is 0 Å². The smallest absolute Gasteiger partial charge is 0.207 e. The zero-order valence-electron chi connectivity index (χ0n) is 13.7. The molecule has 0 amide bonds. The predicted octanol–water partition coefficient (Wildman–Crippen LogP) is 6.33. The molecule has 0 heterocycles. The zero-order valence-corrected chi connectivity index (χ0v) is 13.7. The molecule has 130 valence electrons. The standard InChI is InChI=1S/C19H19F5/c1-11(2)6-15-7-13(4-5-18(15)21)12(3)14-8-16(19(22,23)24)10-17(20)9-14/h4-5,7-12H,6H2,1-3H3/t12-/m0/s1. The first-order valence-corrected chi connectivity index (χ1v) is 7.74. The highest BCUT2D eigenvalue weighted by molar-refractivity contribution is 5.37. The second-order valence-corrected chi connectivity index (χ2v) is 6.44. The van der Waals surface area contributed by atoms with E-state index in [1.54, 1.807) is 13.0 Å². The van der Waals surface area contributed by atoms with E-state index in [0.29, 0.717) is 23.6 Å². The van der Waals surface area contributed by atoms with Crippen LogP contribution in [0.15, 0.2) is 36.4 Å². The molecule has 0 spiro atoms. The molecule has 2 aromatic rings. The monoisotopic (exact) mass is 342 g/mol. The summed E-state index contributed by atoms with van der Waals surface area (Å²) in [6.45, 7) is 5.59. The van der Waals surface area contributed by atoms with Crippen molar-refractivity contribution in [1.29, 1.82) is 0 Å². The third-order valence-electron chi connectivity index (χ3n) is 3.95. The summed E-state index contributed by atoms with van der Waals surface area (Å²) in [5.41, 5.74) is 0.367. The van der Waals surface area contributed by atoms with Gasteiger partial charge in [-0.2, -0.15) is 13.2 Å². The highest BCUT2D eigenvalue weighted by atomic mass is 19.4. The topological polar surface area (TPSA) is 0 Å². The molecule has 0 saturated heterocycles. The van der Waals surface area contributed by atoms with Crippen molar-refractivity contribution in [3.63, 3.8) is 0 Å². The summed E-state index contributed by atoms with van der Waals surface area (Å²) in [5, 5.41) is 0. The number of hydrogen-bond donors (Lipinski definition) is 0. The Labute approximate surface area is 138 Å². The Hall–Kier alpha value is -1.91. The molecule has 5 heteroatoms. The van der Waals surface area contributed by atoms with Crippen molar-refractivity contribution < 1.29 is 22.0 Å². The number of halogens is 5. The summed E-state index contributed by atoms with van der Waals surface area (Å²) < 4.78 is 66.0. The zero-order chi connectivity index (χ0) is 18.1. The largest absolute Gasteiger partial charge is 0.416 e. The summed E-state index contributed by atoms with van der Waals surface area (Å²) in [5.74, 6) is -1.50. The van der Waals surface area contributed by atoms with Crippen LogP contribution in [0.2, 0.25) is 0 Å². The maximum atomic E-state index is 13.9. The first-order valence-electron chi connectivity index (χ1n) is 7.74. The van der Waals surface area contributed by atoms with Crippen molar-refractivity contribution in [2.24, 2.45) is 5.92 Å². The van der Waals surface area contributed by atoms with Crippen molar-refractivity contribution in [2.75, 3.05) is 0 Å². The van der Waals surface area contributed by atoms with Gasteiger partial charge in [0, 0.05) is 5.92 Å². The van der Waals surface area contributed by atoms with Crippen LogP contribution in [-0.2, 0) is 12.6 Å². The Morgan fingerprint density at radius 1 is 0.875 bits per heavy atom. The molecule has 0 fully saturated rings. The third kappa shape index (κ3) is 4.34. The molecule has 2 aromatic carbocycles. The van der Waals surface area contributed by atoms with Crippen molar-refractivity contribution >= 4 is 0 Å². The fraction of sp³-hybridized carbons (Fsp3) is 0.368. The lowest BCUT2D eigenvalue weighted by atomic mass is 9.89. The van der Waals surface area contributed by atoms with E-state index in [0.717, 1.165) is 12.1 Å². The van der Waals surface area contributed by atoms with Crippen LogP contribution in [0.1, 0.15) is 48.9 Å². The van der Waals surface area contributed by atoms with Gasteiger partial charge in [0.05, 0.1) is 5.56 Å². The first-order chi connectivity index (χ1) is 11.1. The second-order valence-electron chi connectivity index (χ2n) is 6.44. The van der Waals surface area contributed by atoms with Crippen molar-refractivity contribution in [1.82, 2.24) is 0 Å². The van der Waals surface area contributed by atoms with E-state index in [1.165, 1.54) is 12.1 Å². The lowest BCUT2D eigenvalue weighted by molar-refractivity contribution is -0.137. The molecule has 0 bridgehead atoms. The second kappa shape index (κ2) is 6.91. The lowest BCUT2D eigenvalue weighted by Crippen LogP contribution is -2.08. The van der Waals surface area contributed by atoms with E-state index >= 15 is 0 Å². The van der Waals surface area contributed by atoms with Gasteiger partial charge in [0.1, 0.15) is 11.6 Å². The molecule has 0 radical (unpaired) electrons. The molecular weight excluding hydrogens is 323 g/mol. The fourth-order valence-electron chi connectivity index (χ4n) is 2.68. The van der Waals surface area contributed by atoms with Crippen LogP contribution in [0.3, 0.4) is 0 Å². The maximum Gasteiger partial charge on any atom is 0.416 e. The molecular formula is C19H19F5. The van der Waals surface area contributed by atoms with E-state index in [-0.39, 0.29) is 17.3 Å². The van der Waals surface area contributed by atoms with Crippen LogP contribution in [0.4, 0.5) is 22.0 Å². The van der Waals surface area contributed by atoms with Gasteiger partial charge in [-0.3, -0.25) is 0 Å². The number of rotatable bonds is 4. The SMILES string of the molecule is CC(C)Cc1cc([C@H](C)c2cc(F)cc(C(F)(F)F)c2)ccc1F.